The van der Waals surface area contributed by atoms with Crippen molar-refractivity contribution in [1.29, 1.82) is 0 Å². The predicted octanol–water partition coefficient (Wildman–Crippen LogP) is 5.07. The second kappa shape index (κ2) is 12.1. The highest BCUT2D eigenvalue weighted by atomic mass is 35.5. The number of hydrogen-bond acceptors (Lipinski definition) is 5. The first-order valence-electron chi connectivity index (χ1n) is 14.5. The third kappa shape index (κ3) is 6.32. The number of sulfonamides is 1. The molecule has 5 atom stereocenters. The van der Waals surface area contributed by atoms with Gasteiger partial charge in [-0.05, 0) is 93.1 Å². The molecule has 1 aliphatic heterocycles. The second-order valence-corrected chi connectivity index (χ2v) is 15.0. The molecule has 0 bridgehead atoms. The van der Waals surface area contributed by atoms with E-state index in [1.165, 1.54) is 0 Å². The zero-order valence-corrected chi connectivity index (χ0v) is 25.3. The summed E-state index contributed by atoms with van der Waals surface area (Å²) in [6.45, 7) is 1.69. The van der Waals surface area contributed by atoms with Gasteiger partial charge in [0.2, 0.25) is 15.9 Å². The first-order chi connectivity index (χ1) is 19.1. The van der Waals surface area contributed by atoms with Gasteiger partial charge in [0.25, 0.3) is 0 Å². The zero-order valence-electron chi connectivity index (χ0n) is 22.9. The van der Waals surface area contributed by atoms with Crippen LogP contribution in [-0.4, -0.2) is 60.0 Å². The van der Waals surface area contributed by atoms with Gasteiger partial charge in [-0.1, -0.05) is 48.3 Å². The average molecular weight is 612 g/mol. The van der Waals surface area contributed by atoms with Crippen LogP contribution in [0.1, 0.15) is 76.3 Å². The molecule has 220 valence electrons. The number of hydrogen-bond donors (Lipinski definition) is 3. The van der Waals surface area contributed by atoms with Crippen molar-refractivity contribution in [3.05, 3.63) is 57.6 Å². The summed E-state index contributed by atoms with van der Waals surface area (Å²) in [5, 5.41) is 21.4. The number of halogens is 2. The number of aliphatic hydroxyl groups is 2. The topological polar surface area (TPSA) is 107 Å². The number of carbonyl (C=O) groups excluding carboxylic acids is 1. The highest BCUT2D eigenvalue weighted by Gasteiger charge is 2.55. The molecule has 10 heteroatoms. The lowest BCUT2D eigenvalue weighted by Gasteiger charge is -2.54. The second-order valence-electron chi connectivity index (χ2n) is 12.0. The van der Waals surface area contributed by atoms with Crippen LogP contribution in [-0.2, 0) is 14.8 Å². The molecule has 40 heavy (non-hydrogen) atoms. The van der Waals surface area contributed by atoms with Crippen molar-refractivity contribution in [2.24, 2.45) is 17.3 Å². The number of amides is 1. The molecule has 5 rings (SSSR count). The minimum atomic E-state index is -3.45. The Kier molecular flexibility index (Phi) is 9.06. The van der Waals surface area contributed by atoms with Crippen LogP contribution in [0, 0.1) is 17.3 Å². The largest absolute Gasteiger partial charge is 0.394 e. The van der Waals surface area contributed by atoms with E-state index >= 15 is 0 Å². The van der Waals surface area contributed by atoms with Gasteiger partial charge in [0.15, 0.2) is 0 Å². The normalized spacial score (nSPS) is 29.1. The maximum absolute atomic E-state index is 14.8. The first kappa shape index (κ1) is 30.1. The fourth-order valence-electron chi connectivity index (χ4n) is 6.67. The molecule has 4 unspecified atom stereocenters. The van der Waals surface area contributed by atoms with Gasteiger partial charge in [-0.15, -0.1) is 0 Å². The van der Waals surface area contributed by atoms with E-state index in [0.717, 1.165) is 41.9 Å². The summed E-state index contributed by atoms with van der Waals surface area (Å²) in [6, 6.07) is 6.85. The molecule has 1 amide bonds. The van der Waals surface area contributed by atoms with Crippen molar-refractivity contribution < 1.29 is 23.4 Å². The number of benzene rings is 1. The van der Waals surface area contributed by atoms with Gasteiger partial charge in [0.05, 0.1) is 29.4 Å². The molecular formula is C30H40Cl2N2O5S. The van der Waals surface area contributed by atoms with E-state index in [-0.39, 0.29) is 48.0 Å². The monoisotopic (exact) mass is 610 g/mol. The Morgan fingerprint density at radius 2 is 1.85 bits per heavy atom. The third-order valence-electron chi connectivity index (χ3n) is 9.20. The molecule has 1 heterocycles. The van der Waals surface area contributed by atoms with E-state index in [9.17, 15) is 23.4 Å². The van der Waals surface area contributed by atoms with Gasteiger partial charge >= 0.3 is 0 Å². The lowest BCUT2D eigenvalue weighted by molar-refractivity contribution is -0.161. The molecule has 0 aromatic heterocycles. The van der Waals surface area contributed by atoms with Crippen molar-refractivity contribution in [2.75, 3.05) is 13.2 Å². The van der Waals surface area contributed by atoms with Crippen LogP contribution in [0.5, 0.6) is 0 Å². The molecule has 1 saturated heterocycles. The highest BCUT2D eigenvalue weighted by molar-refractivity contribution is 7.90. The van der Waals surface area contributed by atoms with Gasteiger partial charge in [0, 0.05) is 28.6 Å². The van der Waals surface area contributed by atoms with Gasteiger partial charge in [-0.3, -0.25) is 4.79 Å². The lowest BCUT2D eigenvalue weighted by atomic mass is 9.63. The lowest BCUT2D eigenvalue weighted by Crippen LogP contribution is -2.60. The number of nitrogens with one attached hydrogen (secondary N) is 1. The Balaban J connectivity index is 1.63. The molecule has 4 aliphatic rings. The van der Waals surface area contributed by atoms with Gasteiger partial charge in [0.1, 0.15) is 0 Å². The molecule has 7 nitrogen and oxygen atoms in total. The molecule has 0 radical (unpaired) electrons. The Labute approximate surface area is 247 Å². The van der Waals surface area contributed by atoms with Crippen LogP contribution in [0.25, 0.3) is 0 Å². The molecule has 3 N–H and O–H groups in total. The number of nitrogens with zero attached hydrogens (tertiary/aromatic N) is 1. The van der Waals surface area contributed by atoms with Crippen LogP contribution in [0.3, 0.4) is 0 Å². The summed E-state index contributed by atoms with van der Waals surface area (Å²) in [5.74, 6) is -0.0519. The van der Waals surface area contributed by atoms with E-state index in [0.29, 0.717) is 30.7 Å². The van der Waals surface area contributed by atoms with Crippen LogP contribution in [0.4, 0.5) is 0 Å². The number of piperidine rings is 1. The summed E-state index contributed by atoms with van der Waals surface area (Å²) < 4.78 is 28.6. The predicted molar refractivity (Wildman–Crippen MR) is 157 cm³/mol. The van der Waals surface area contributed by atoms with E-state index in [1.54, 1.807) is 0 Å². The van der Waals surface area contributed by atoms with Crippen molar-refractivity contribution >= 4 is 39.1 Å². The Bertz CT molecular complexity index is 1260. The average Bonchev–Trinajstić information content (AvgIpc) is 3.84. The minimum Gasteiger partial charge on any atom is -0.394 e. The molecule has 2 saturated carbocycles. The number of rotatable bonds is 12. The minimum absolute atomic E-state index is 0.0901. The molecular weight excluding hydrogens is 571 g/mol. The van der Waals surface area contributed by atoms with Crippen molar-refractivity contribution in [3.63, 3.8) is 0 Å². The number of allylic oxidation sites excluding steroid dienone is 3. The van der Waals surface area contributed by atoms with Crippen molar-refractivity contribution in [3.8, 4) is 0 Å². The Hall–Kier alpha value is -1.42. The van der Waals surface area contributed by atoms with E-state index in [4.69, 9.17) is 23.2 Å². The smallest absolute Gasteiger partial charge is 0.229 e. The summed E-state index contributed by atoms with van der Waals surface area (Å²) in [6.07, 6.45) is 9.02. The van der Waals surface area contributed by atoms with Crippen molar-refractivity contribution in [1.82, 2.24) is 9.62 Å². The fourth-order valence-corrected chi connectivity index (χ4v) is 8.42. The summed E-state index contributed by atoms with van der Waals surface area (Å²) >= 11 is 12.8. The maximum Gasteiger partial charge on any atom is 0.229 e. The van der Waals surface area contributed by atoms with Gasteiger partial charge in [-0.2, -0.15) is 0 Å². The zero-order chi connectivity index (χ0) is 28.7. The third-order valence-corrected chi connectivity index (χ3v) is 11.7. The first-order valence-corrected chi connectivity index (χ1v) is 16.8. The molecule has 3 fully saturated rings. The number of carbonyl (C=O) groups is 1. The summed E-state index contributed by atoms with van der Waals surface area (Å²) in [4.78, 5) is 16.7. The van der Waals surface area contributed by atoms with Crippen LogP contribution >= 0.6 is 23.2 Å². The fraction of sp³-hybridized carbons (Fsp3) is 0.633. The Morgan fingerprint density at radius 1 is 1.15 bits per heavy atom. The SMILES string of the molecule is CCC1(CC(O)CO)C[C@H](C2=CCCC(Cl)=C2)C(c2ccc(Cl)cc2)N(C(CNS(=O)(=O)C2CC2)C2CC2)C1=O. The molecule has 0 spiro atoms. The quantitative estimate of drug-likeness (QED) is 0.306. The molecule has 3 aliphatic carbocycles. The van der Waals surface area contributed by atoms with E-state index in [1.807, 2.05) is 42.2 Å². The number of aliphatic hydroxyl groups excluding tert-OH is 2. The highest BCUT2D eigenvalue weighted by Crippen LogP contribution is 2.54. The van der Waals surface area contributed by atoms with Gasteiger partial charge in [-0.25, -0.2) is 13.1 Å². The molecule has 1 aromatic carbocycles. The maximum atomic E-state index is 14.8. The molecule has 1 aromatic rings. The summed E-state index contributed by atoms with van der Waals surface area (Å²) in [7, 11) is -3.45. The number of likely N-dealkylation sites (tertiary alicyclic amines) is 1. The van der Waals surface area contributed by atoms with Crippen LogP contribution in [0.2, 0.25) is 5.02 Å². The van der Waals surface area contributed by atoms with Crippen molar-refractivity contribution in [2.45, 2.75) is 88.1 Å². The van der Waals surface area contributed by atoms with Gasteiger partial charge < -0.3 is 15.1 Å². The standard InChI is InChI=1S/C30H40Cl2N2O5S/c1-2-30(15-24(36)18-35)16-26(21-4-3-5-23(32)14-21)28(20-8-10-22(31)11-9-20)34(29(30)37)27(19-6-7-19)17-33-40(38,39)25-12-13-25/h4,8-11,14,19,24-28,33,35-36H,2-3,5-7,12-13,15-18H2,1H3/t24?,26-,27?,28?,30?/m1/s1. The summed E-state index contributed by atoms with van der Waals surface area (Å²) in [5.41, 5.74) is 1.07. The van der Waals surface area contributed by atoms with E-state index < -0.39 is 28.1 Å². The Morgan fingerprint density at radius 3 is 2.42 bits per heavy atom. The van der Waals surface area contributed by atoms with Crippen LogP contribution in [0.15, 0.2) is 47.0 Å². The van der Waals surface area contributed by atoms with Crippen LogP contribution < -0.4 is 4.72 Å². The van der Waals surface area contributed by atoms with E-state index in [2.05, 4.69) is 10.8 Å².